The number of benzene rings is 1. The van der Waals surface area contributed by atoms with E-state index in [0.29, 0.717) is 12.5 Å². The second-order valence-electron chi connectivity index (χ2n) is 7.30. The van der Waals surface area contributed by atoms with E-state index in [-0.39, 0.29) is 29.8 Å². The number of hydrogen-bond acceptors (Lipinski definition) is 4. The quantitative estimate of drug-likeness (QED) is 0.324. The van der Waals surface area contributed by atoms with Crippen molar-refractivity contribution >= 4 is 41.3 Å². The van der Waals surface area contributed by atoms with Crippen molar-refractivity contribution in [2.24, 2.45) is 10.9 Å². The van der Waals surface area contributed by atoms with Crippen LogP contribution in [-0.4, -0.2) is 49.1 Å². The second kappa shape index (κ2) is 12.4. The van der Waals surface area contributed by atoms with Gasteiger partial charge in [-0.05, 0) is 44.8 Å². The third kappa shape index (κ3) is 7.82. The molecule has 2 N–H and O–H groups in total. The highest BCUT2D eigenvalue weighted by Crippen LogP contribution is 2.19. The summed E-state index contributed by atoms with van der Waals surface area (Å²) in [6, 6.07) is 7.07. The lowest BCUT2D eigenvalue weighted by Gasteiger charge is -2.32. The predicted molar refractivity (Wildman–Crippen MR) is 130 cm³/mol. The molecular weight excluding hydrogens is 500 g/mol. The van der Waals surface area contributed by atoms with Crippen LogP contribution in [0.3, 0.4) is 0 Å². The molecule has 0 bridgehead atoms. The highest BCUT2D eigenvalue weighted by atomic mass is 127. The van der Waals surface area contributed by atoms with Crippen molar-refractivity contribution in [1.82, 2.24) is 20.5 Å². The number of guanidine groups is 1. The van der Waals surface area contributed by atoms with Crippen LogP contribution in [0.15, 0.2) is 34.6 Å². The zero-order chi connectivity index (χ0) is 19.8. The zero-order valence-electron chi connectivity index (χ0n) is 17.2. The highest BCUT2D eigenvalue weighted by Gasteiger charge is 2.20. The van der Waals surface area contributed by atoms with E-state index in [4.69, 9.17) is 0 Å². The fraction of sp³-hybridized carbons (Fsp3) is 0.524. The monoisotopic (exact) mass is 531 g/mol. The summed E-state index contributed by atoms with van der Waals surface area (Å²) in [4.78, 5) is 11.1. The Balaban J connectivity index is 0.00000300. The molecule has 1 aromatic carbocycles. The lowest BCUT2D eigenvalue weighted by Crippen LogP contribution is -2.43. The van der Waals surface area contributed by atoms with Crippen LogP contribution in [0.1, 0.15) is 29.1 Å². The number of piperidine rings is 1. The Morgan fingerprint density at radius 2 is 2.03 bits per heavy atom. The normalized spacial score (nSPS) is 15.8. The van der Waals surface area contributed by atoms with Gasteiger partial charge in [0.1, 0.15) is 5.82 Å². The number of aliphatic imine (C=N–C) groups is 1. The van der Waals surface area contributed by atoms with Crippen LogP contribution >= 0.6 is 35.3 Å². The molecule has 0 atom stereocenters. The summed E-state index contributed by atoms with van der Waals surface area (Å²) in [6.07, 6.45) is 3.15. The van der Waals surface area contributed by atoms with Crippen LogP contribution in [0, 0.1) is 18.7 Å². The average Bonchev–Trinajstić information content (AvgIpc) is 3.12. The minimum absolute atomic E-state index is 0. The summed E-state index contributed by atoms with van der Waals surface area (Å²) in [7, 11) is 1.80. The number of aromatic nitrogens is 1. The van der Waals surface area contributed by atoms with Gasteiger partial charge in [0, 0.05) is 44.0 Å². The van der Waals surface area contributed by atoms with E-state index >= 15 is 0 Å². The summed E-state index contributed by atoms with van der Waals surface area (Å²) in [6.45, 7) is 6.49. The van der Waals surface area contributed by atoms with Crippen LogP contribution in [0.5, 0.6) is 0 Å². The van der Waals surface area contributed by atoms with Gasteiger partial charge in [-0.3, -0.25) is 9.89 Å². The van der Waals surface area contributed by atoms with E-state index in [9.17, 15) is 4.39 Å². The standard InChI is InChI=1S/C21H30FN5S.HI/c1-16-26-19(15-28-16)7-10-24-21(23-2)25-13-17-8-11-27(12-9-17)14-18-5-3-4-6-20(18)22;/h3-6,15,17H,7-14H2,1-2H3,(H2,23,24,25);1H. The molecule has 0 saturated carbocycles. The second-order valence-corrected chi connectivity index (χ2v) is 8.36. The summed E-state index contributed by atoms with van der Waals surface area (Å²) >= 11 is 1.69. The van der Waals surface area contributed by atoms with Crippen LogP contribution in [0.2, 0.25) is 0 Å². The molecule has 0 radical (unpaired) electrons. The van der Waals surface area contributed by atoms with E-state index in [1.54, 1.807) is 30.5 Å². The molecule has 1 saturated heterocycles. The van der Waals surface area contributed by atoms with Gasteiger partial charge in [0.15, 0.2) is 5.96 Å². The maximum Gasteiger partial charge on any atom is 0.190 e. The first-order valence-corrected chi connectivity index (χ1v) is 10.8. The van der Waals surface area contributed by atoms with E-state index in [2.05, 4.69) is 30.9 Å². The van der Waals surface area contributed by atoms with Gasteiger partial charge in [-0.25, -0.2) is 9.37 Å². The van der Waals surface area contributed by atoms with Crippen molar-refractivity contribution in [2.45, 2.75) is 32.7 Å². The Kier molecular flexibility index (Phi) is 10.3. The highest BCUT2D eigenvalue weighted by molar-refractivity contribution is 14.0. The first-order valence-electron chi connectivity index (χ1n) is 9.95. The molecule has 1 fully saturated rings. The van der Waals surface area contributed by atoms with E-state index in [1.807, 2.05) is 19.1 Å². The zero-order valence-corrected chi connectivity index (χ0v) is 20.3. The Morgan fingerprint density at radius 1 is 1.28 bits per heavy atom. The number of likely N-dealkylation sites (tertiary alicyclic amines) is 1. The SMILES string of the molecule is CN=C(NCCc1csc(C)n1)NCC1CCN(Cc2ccccc2F)CC1.I. The Bertz CT molecular complexity index is 774. The van der Waals surface area contributed by atoms with E-state index in [1.165, 1.54) is 0 Å². The van der Waals surface area contributed by atoms with Crippen LogP contribution < -0.4 is 10.6 Å². The Hall–Kier alpha value is -1.26. The lowest BCUT2D eigenvalue weighted by molar-refractivity contribution is 0.176. The van der Waals surface area contributed by atoms with Gasteiger partial charge >= 0.3 is 0 Å². The molecule has 0 unspecified atom stereocenters. The molecule has 0 spiro atoms. The number of hydrogen-bond donors (Lipinski definition) is 2. The van der Waals surface area contributed by atoms with Gasteiger partial charge in [-0.15, -0.1) is 35.3 Å². The van der Waals surface area contributed by atoms with Crippen molar-refractivity contribution in [3.8, 4) is 0 Å². The molecule has 1 aliphatic heterocycles. The summed E-state index contributed by atoms with van der Waals surface area (Å²) in [5, 5.41) is 10.0. The minimum Gasteiger partial charge on any atom is -0.356 e. The van der Waals surface area contributed by atoms with Gasteiger partial charge in [0.05, 0.1) is 10.7 Å². The first-order chi connectivity index (χ1) is 13.6. The van der Waals surface area contributed by atoms with Crippen molar-refractivity contribution in [2.75, 3.05) is 33.2 Å². The molecule has 2 heterocycles. The van der Waals surface area contributed by atoms with Gasteiger partial charge in [0.25, 0.3) is 0 Å². The molecule has 5 nitrogen and oxygen atoms in total. The van der Waals surface area contributed by atoms with Crippen molar-refractivity contribution in [1.29, 1.82) is 0 Å². The molecule has 0 aliphatic carbocycles. The van der Waals surface area contributed by atoms with Crippen molar-refractivity contribution < 1.29 is 4.39 Å². The molecule has 2 aromatic rings. The number of rotatable bonds is 7. The fourth-order valence-electron chi connectivity index (χ4n) is 3.51. The lowest BCUT2D eigenvalue weighted by atomic mass is 9.96. The van der Waals surface area contributed by atoms with Gasteiger partial charge in [-0.2, -0.15) is 0 Å². The number of nitrogens with one attached hydrogen (secondary N) is 2. The summed E-state index contributed by atoms with van der Waals surface area (Å²) < 4.78 is 13.8. The topological polar surface area (TPSA) is 52.6 Å². The van der Waals surface area contributed by atoms with Crippen LogP contribution in [-0.2, 0) is 13.0 Å². The van der Waals surface area contributed by atoms with Crippen molar-refractivity contribution in [3.05, 3.63) is 51.7 Å². The van der Waals surface area contributed by atoms with E-state index in [0.717, 1.165) is 67.7 Å². The largest absolute Gasteiger partial charge is 0.356 e. The summed E-state index contributed by atoms with van der Waals surface area (Å²) in [5.41, 5.74) is 1.92. The number of thiazole rings is 1. The molecule has 1 aliphatic rings. The third-order valence-electron chi connectivity index (χ3n) is 5.18. The van der Waals surface area contributed by atoms with Gasteiger partial charge in [0.2, 0.25) is 0 Å². The molecule has 1 aromatic heterocycles. The smallest absolute Gasteiger partial charge is 0.190 e. The molecule has 0 amide bonds. The van der Waals surface area contributed by atoms with Gasteiger partial charge in [-0.1, -0.05) is 18.2 Å². The van der Waals surface area contributed by atoms with Gasteiger partial charge < -0.3 is 10.6 Å². The molecule has 29 heavy (non-hydrogen) atoms. The Labute approximate surface area is 194 Å². The van der Waals surface area contributed by atoms with Crippen LogP contribution in [0.25, 0.3) is 0 Å². The molecular formula is C21H31FIN5S. The minimum atomic E-state index is -0.103. The van der Waals surface area contributed by atoms with Crippen molar-refractivity contribution in [3.63, 3.8) is 0 Å². The molecule has 160 valence electrons. The molecule has 8 heteroatoms. The van der Waals surface area contributed by atoms with Crippen LogP contribution in [0.4, 0.5) is 4.39 Å². The number of halogens is 2. The third-order valence-corrected chi connectivity index (χ3v) is 6.00. The van der Waals surface area contributed by atoms with E-state index < -0.39 is 0 Å². The number of aryl methyl sites for hydroxylation is 1. The predicted octanol–water partition coefficient (Wildman–Crippen LogP) is 3.83. The Morgan fingerprint density at radius 3 is 2.69 bits per heavy atom. The summed E-state index contributed by atoms with van der Waals surface area (Å²) in [5.74, 6) is 1.37. The fourth-order valence-corrected chi connectivity index (χ4v) is 4.16. The number of nitrogens with zero attached hydrogens (tertiary/aromatic N) is 3. The maximum absolute atomic E-state index is 13.8. The maximum atomic E-state index is 13.8. The first kappa shape index (κ1) is 24.0. The average molecular weight is 531 g/mol. The molecule has 3 rings (SSSR count).